The highest BCUT2D eigenvalue weighted by molar-refractivity contribution is 8.09. The summed E-state index contributed by atoms with van der Waals surface area (Å²) in [5.74, 6) is 0.187. The summed E-state index contributed by atoms with van der Waals surface area (Å²) in [6.45, 7) is 1.79. The van der Waals surface area contributed by atoms with E-state index in [4.69, 9.17) is 33.1 Å². The summed E-state index contributed by atoms with van der Waals surface area (Å²) < 4.78 is 11.3. The Hall–Kier alpha value is -2.02. The first-order valence-electron chi connectivity index (χ1n) is 9.71. The number of phenolic OH excluding ortho intramolecular Hbond substituents is 1. The van der Waals surface area contributed by atoms with Crippen molar-refractivity contribution in [3.8, 4) is 5.75 Å². The predicted molar refractivity (Wildman–Crippen MR) is 130 cm³/mol. The normalized spacial score (nSPS) is 12.5. The van der Waals surface area contributed by atoms with Gasteiger partial charge in [0.05, 0.1) is 19.3 Å². The van der Waals surface area contributed by atoms with Crippen LogP contribution < -0.4 is 10.4 Å². The Morgan fingerprint density at radius 3 is 2.27 bits per heavy atom. The summed E-state index contributed by atoms with van der Waals surface area (Å²) in [5.41, 5.74) is 1.69. The Bertz CT molecular complexity index is 1050. The molecule has 1 atom stereocenters. The third-order valence-electron chi connectivity index (χ3n) is 4.48. The second-order valence-corrected chi connectivity index (χ2v) is 10.1. The lowest BCUT2D eigenvalue weighted by Gasteiger charge is -2.27. The number of hydrogen-bond donors (Lipinski definition) is 3. The molecule has 0 bridgehead atoms. The van der Waals surface area contributed by atoms with Gasteiger partial charge in [0.1, 0.15) is 5.75 Å². The quantitative estimate of drug-likeness (QED) is 0.307. The summed E-state index contributed by atoms with van der Waals surface area (Å²) >= 11 is 11.1. The Kier molecular flexibility index (Phi) is 7.81. The van der Waals surface area contributed by atoms with Gasteiger partial charge in [0.15, 0.2) is 5.11 Å². The molecule has 0 aliphatic heterocycles. The highest BCUT2D eigenvalue weighted by Gasteiger charge is 2.24. The third-order valence-corrected chi connectivity index (χ3v) is 7.45. The van der Waals surface area contributed by atoms with E-state index in [9.17, 15) is 5.11 Å². The van der Waals surface area contributed by atoms with Crippen molar-refractivity contribution in [2.45, 2.75) is 19.9 Å². The minimum Gasteiger partial charge on any atom is -0.508 e. The van der Waals surface area contributed by atoms with Gasteiger partial charge in [-0.2, -0.15) is 0 Å². The number of thiocarbonyl (C=S) groups is 1. The highest BCUT2D eigenvalue weighted by atomic mass is 32.5. The molecule has 0 saturated carbocycles. The standard InChI is InChI=1S/C22H25N2O3PS2/c1-3-26-28(30,27-4-2)24-22(29)23-21(17-11-6-5-7-12-17)20-18-13-9-8-10-16(18)14-15-19(20)25/h5-15,21,25H,3-4H2,1-2H3,(H2,23,24,29,30)/t21-/m1/s1. The fourth-order valence-corrected chi connectivity index (χ4v) is 6.04. The molecule has 3 aromatic carbocycles. The Labute approximate surface area is 187 Å². The highest BCUT2D eigenvalue weighted by Crippen LogP contribution is 2.44. The summed E-state index contributed by atoms with van der Waals surface area (Å²) in [5, 5.41) is 19.4. The number of fused-ring (bicyclic) bond motifs is 1. The molecule has 0 amide bonds. The number of benzene rings is 3. The van der Waals surface area contributed by atoms with E-state index >= 15 is 0 Å². The van der Waals surface area contributed by atoms with E-state index in [0.29, 0.717) is 18.3 Å². The van der Waals surface area contributed by atoms with Crippen LogP contribution in [0.15, 0.2) is 66.7 Å². The molecule has 0 fully saturated rings. The van der Waals surface area contributed by atoms with E-state index in [2.05, 4.69) is 10.4 Å². The maximum Gasteiger partial charge on any atom is 0.289 e. The van der Waals surface area contributed by atoms with Crippen molar-refractivity contribution in [3.63, 3.8) is 0 Å². The predicted octanol–water partition coefficient (Wildman–Crippen LogP) is 5.40. The van der Waals surface area contributed by atoms with Crippen LogP contribution >= 0.6 is 18.9 Å². The second-order valence-electron chi connectivity index (χ2n) is 6.48. The van der Waals surface area contributed by atoms with Crippen molar-refractivity contribution >= 4 is 46.6 Å². The van der Waals surface area contributed by atoms with E-state index < -0.39 is 12.7 Å². The second kappa shape index (κ2) is 10.3. The van der Waals surface area contributed by atoms with Gasteiger partial charge in [-0.25, -0.2) is 0 Å². The van der Waals surface area contributed by atoms with Crippen LogP contribution in [0.2, 0.25) is 0 Å². The third kappa shape index (κ3) is 5.36. The molecule has 0 radical (unpaired) electrons. The van der Waals surface area contributed by atoms with Crippen LogP contribution in [0.1, 0.15) is 31.0 Å². The number of phenols is 1. The van der Waals surface area contributed by atoms with Crippen molar-refractivity contribution in [2.24, 2.45) is 0 Å². The first-order chi connectivity index (χ1) is 14.5. The van der Waals surface area contributed by atoms with Crippen LogP contribution in [0.5, 0.6) is 5.75 Å². The van der Waals surface area contributed by atoms with Gasteiger partial charge in [0.25, 0.3) is 6.64 Å². The molecule has 3 aromatic rings. The van der Waals surface area contributed by atoms with Crippen molar-refractivity contribution in [2.75, 3.05) is 13.2 Å². The van der Waals surface area contributed by atoms with Gasteiger partial charge >= 0.3 is 0 Å². The largest absolute Gasteiger partial charge is 0.508 e. The fourth-order valence-electron chi connectivity index (χ4n) is 3.28. The van der Waals surface area contributed by atoms with Crippen molar-refractivity contribution in [3.05, 3.63) is 77.9 Å². The summed E-state index contributed by atoms with van der Waals surface area (Å²) in [6.07, 6.45) is 0. The van der Waals surface area contributed by atoms with E-state index in [1.807, 2.05) is 74.5 Å². The van der Waals surface area contributed by atoms with Gasteiger partial charge in [-0.05, 0) is 60.3 Å². The molecule has 30 heavy (non-hydrogen) atoms. The lowest BCUT2D eigenvalue weighted by Crippen LogP contribution is -2.37. The van der Waals surface area contributed by atoms with E-state index in [1.54, 1.807) is 6.07 Å². The van der Waals surface area contributed by atoms with Gasteiger partial charge in [-0.3, -0.25) is 5.09 Å². The molecule has 0 unspecified atom stereocenters. The monoisotopic (exact) mass is 460 g/mol. The Morgan fingerprint density at radius 2 is 1.60 bits per heavy atom. The number of nitrogens with one attached hydrogen (secondary N) is 2. The number of aromatic hydroxyl groups is 1. The molecule has 0 aliphatic carbocycles. The lowest BCUT2D eigenvalue weighted by atomic mass is 9.93. The zero-order valence-electron chi connectivity index (χ0n) is 16.9. The average Bonchev–Trinajstić information content (AvgIpc) is 2.73. The van der Waals surface area contributed by atoms with Crippen LogP contribution in [0.4, 0.5) is 0 Å². The molecule has 0 aliphatic rings. The molecule has 0 saturated heterocycles. The molecular weight excluding hydrogens is 435 g/mol. The first kappa shape index (κ1) is 22.7. The number of rotatable bonds is 8. The van der Waals surface area contributed by atoms with Crippen LogP contribution in [0.3, 0.4) is 0 Å². The zero-order chi connectivity index (χ0) is 21.6. The van der Waals surface area contributed by atoms with Gasteiger partial charge in [-0.15, -0.1) is 0 Å². The molecule has 0 spiro atoms. The van der Waals surface area contributed by atoms with Crippen LogP contribution in [0.25, 0.3) is 10.8 Å². The smallest absolute Gasteiger partial charge is 0.289 e. The zero-order valence-corrected chi connectivity index (χ0v) is 19.4. The average molecular weight is 461 g/mol. The van der Waals surface area contributed by atoms with E-state index in [-0.39, 0.29) is 5.75 Å². The fraction of sp³-hybridized carbons (Fsp3) is 0.227. The minimum absolute atomic E-state index is 0.187. The summed E-state index contributed by atoms with van der Waals surface area (Å²) in [4.78, 5) is 0. The van der Waals surface area contributed by atoms with Crippen LogP contribution in [0, 0.1) is 0 Å². The van der Waals surface area contributed by atoms with Gasteiger partial charge < -0.3 is 19.5 Å². The van der Waals surface area contributed by atoms with Crippen LogP contribution in [-0.2, 0) is 20.9 Å². The molecule has 158 valence electrons. The molecule has 5 nitrogen and oxygen atoms in total. The molecular formula is C22H25N2O3PS2. The van der Waals surface area contributed by atoms with Crippen molar-refractivity contribution in [1.29, 1.82) is 0 Å². The number of hydrogen-bond acceptors (Lipinski definition) is 5. The molecule has 8 heteroatoms. The molecule has 3 N–H and O–H groups in total. The van der Waals surface area contributed by atoms with Gasteiger partial charge in [0, 0.05) is 5.56 Å². The molecule has 0 aromatic heterocycles. The SMILES string of the molecule is CCOP(=S)(NC(=S)N[C@H](c1ccccc1)c1c(O)ccc2ccccc12)OCC. The van der Waals surface area contributed by atoms with Crippen LogP contribution in [-0.4, -0.2) is 23.4 Å². The van der Waals surface area contributed by atoms with Crippen molar-refractivity contribution < 1.29 is 14.2 Å². The summed E-state index contributed by atoms with van der Waals surface area (Å²) in [7, 11) is 0. The van der Waals surface area contributed by atoms with E-state index in [0.717, 1.165) is 21.9 Å². The Morgan fingerprint density at radius 1 is 0.967 bits per heavy atom. The maximum absolute atomic E-state index is 10.8. The molecule has 3 rings (SSSR count). The van der Waals surface area contributed by atoms with E-state index in [1.165, 1.54) is 0 Å². The minimum atomic E-state index is -2.76. The van der Waals surface area contributed by atoms with Gasteiger partial charge in [0.2, 0.25) is 0 Å². The first-order valence-corrected chi connectivity index (χ1v) is 12.8. The van der Waals surface area contributed by atoms with Gasteiger partial charge in [-0.1, -0.05) is 60.7 Å². The lowest BCUT2D eigenvalue weighted by molar-refractivity contribution is 0.263. The Balaban J connectivity index is 2.01. The maximum atomic E-state index is 10.8. The topological polar surface area (TPSA) is 62.8 Å². The summed E-state index contributed by atoms with van der Waals surface area (Å²) in [6, 6.07) is 21.0. The van der Waals surface area contributed by atoms with Crippen molar-refractivity contribution in [1.82, 2.24) is 10.4 Å². The molecule has 0 heterocycles.